The Kier molecular flexibility index (Phi) is 3.02. The van der Waals surface area contributed by atoms with Crippen LogP contribution in [0.1, 0.15) is 5.56 Å². The van der Waals surface area contributed by atoms with E-state index in [9.17, 15) is 4.39 Å². The van der Waals surface area contributed by atoms with Crippen molar-refractivity contribution in [1.82, 2.24) is 0 Å². The second kappa shape index (κ2) is 4.45. The first-order chi connectivity index (χ1) is 7.31. The number of epoxide rings is 1. The molecule has 2 rings (SSSR count). The van der Waals surface area contributed by atoms with Gasteiger partial charge in [-0.25, -0.2) is 4.39 Å². The summed E-state index contributed by atoms with van der Waals surface area (Å²) in [7, 11) is 0. The zero-order valence-corrected chi connectivity index (χ0v) is 8.41. The van der Waals surface area contributed by atoms with E-state index in [2.05, 4.69) is 6.58 Å². The van der Waals surface area contributed by atoms with E-state index in [0.29, 0.717) is 24.3 Å². The third-order valence-corrected chi connectivity index (χ3v) is 2.27. The van der Waals surface area contributed by atoms with Gasteiger partial charge in [-0.05, 0) is 12.1 Å². The second-order valence-electron chi connectivity index (χ2n) is 3.48. The molecule has 1 saturated heterocycles. The first kappa shape index (κ1) is 10.2. The lowest BCUT2D eigenvalue weighted by Gasteiger charge is -2.09. The molecule has 2 nitrogen and oxygen atoms in total. The van der Waals surface area contributed by atoms with Gasteiger partial charge < -0.3 is 9.47 Å². The van der Waals surface area contributed by atoms with Gasteiger partial charge in [0.1, 0.15) is 18.2 Å². The van der Waals surface area contributed by atoms with Crippen LogP contribution in [0, 0.1) is 5.82 Å². The predicted octanol–water partition coefficient (Wildman–Crippen LogP) is 2.33. The number of hydrogen-bond acceptors (Lipinski definition) is 2. The molecular weight excluding hydrogens is 195 g/mol. The third kappa shape index (κ3) is 2.57. The van der Waals surface area contributed by atoms with Gasteiger partial charge in [-0.1, -0.05) is 18.7 Å². The molecule has 0 aromatic heterocycles. The molecule has 1 aromatic carbocycles. The summed E-state index contributed by atoms with van der Waals surface area (Å²) in [5.41, 5.74) is 0.599. The van der Waals surface area contributed by atoms with E-state index in [-0.39, 0.29) is 11.9 Å². The number of ether oxygens (including phenoxy) is 2. The Morgan fingerprint density at radius 1 is 1.60 bits per heavy atom. The highest BCUT2D eigenvalue weighted by atomic mass is 19.1. The standard InChI is InChI=1S/C12H13FO2/c1-2-6-14-12-5-3-4-11(13)10(12)7-9-8-15-9/h2-5,9H,1,6-8H2. The van der Waals surface area contributed by atoms with Gasteiger partial charge in [-0.15, -0.1) is 0 Å². The zero-order chi connectivity index (χ0) is 10.7. The first-order valence-corrected chi connectivity index (χ1v) is 4.94. The second-order valence-corrected chi connectivity index (χ2v) is 3.48. The number of halogens is 1. The van der Waals surface area contributed by atoms with Crippen LogP contribution < -0.4 is 4.74 Å². The van der Waals surface area contributed by atoms with Crippen molar-refractivity contribution in [3.63, 3.8) is 0 Å². The van der Waals surface area contributed by atoms with E-state index in [4.69, 9.17) is 9.47 Å². The van der Waals surface area contributed by atoms with Crippen molar-refractivity contribution in [3.05, 3.63) is 42.2 Å². The molecule has 0 amide bonds. The van der Waals surface area contributed by atoms with Crippen molar-refractivity contribution in [1.29, 1.82) is 0 Å². The molecule has 3 heteroatoms. The van der Waals surface area contributed by atoms with Crippen molar-refractivity contribution in [2.45, 2.75) is 12.5 Å². The van der Waals surface area contributed by atoms with Crippen molar-refractivity contribution in [2.24, 2.45) is 0 Å². The van der Waals surface area contributed by atoms with Crippen LogP contribution in [0.25, 0.3) is 0 Å². The highest BCUT2D eigenvalue weighted by Gasteiger charge is 2.25. The highest BCUT2D eigenvalue weighted by Crippen LogP contribution is 2.26. The Hall–Kier alpha value is -1.35. The molecule has 1 fully saturated rings. The summed E-state index contributed by atoms with van der Waals surface area (Å²) in [6.45, 7) is 4.67. The first-order valence-electron chi connectivity index (χ1n) is 4.94. The Bertz CT molecular complexity index is 359. The number of rotatable bonds is 5. The average Bonchev–Trinajstić information content (AvgIpc) is 3.03. The molecule has 15 heavy (non-hydrogen) atoms. The van der Waals surface area contributed by atoms with Crippen LogP contribution in [-0.4, -0.2) is 19.3 Å². The van der Waals surface area contributed by atoms with Crippen LogP contribution in [0.5, 0.6) is 5.75 Å². The topological polar surface area (TPSA) is 21.8 Å². The smallest absolute Gasteiger partial charge is 0.130 e. The van der Waals surface area contributed by atoms with Gasteiger partial charge in [0.15, 0.2) is 0 Å². The molecular formula is C12H13FO2. The van der Waals surface area contributed by atoms with Crippen molar-refractivity contribution in [2.75, 3.05) is 13.2 Å². The van der Waals surface area contributed by atoms with Gasteiger partial charge in [-0.2, -0.15) is 0 Å². The van der Waals surface area contributed by atoms with E-state index >= 15 is 0 Å². The minimum atomic E-state index is -0.230. The molecule has 1 unspecified atom stereocenters. The summed E-state index contributed by atoms with van der Waals surface area (Å²) in [4.78, 5) is 0. The number of benzene rings is 1. The molecule has 1 aliphatic heterocycles. The molecule has 0 aliphatic carbocycles. The Morgan fingerprint density at radius 3 is 3.07 bits per heavy atom. The fourth-order valence-corrected chi connectivity index (χ4v) is 1.43. The molecule has 1 aromatic rings. The van der Waals surface area contributed by atoms with Crippen LogP contribution >= 0.6 is 0 Å². The highest BCUT2D eigenvalue weighted by molar-refractivity contribution is 5.35. The maximum Gasteiger partial charge on any atom is 0.130 e. The average molecular weight is 208 g/mol. The number of hydrogen-bond donors (Lipinski definition) is 0. The van der Waals surface area contributed by atoms with Crippen LogP contribution in [0.15, 0.2) is 30.9 Å². The Morgan fingerprint density at radius 2 is 2.40 bits per heavy atom. The molecule has 80 valence electrons. The van der Waals surface area contributed by atoms with E-state index in [1.54, 1.807) is 18.2 Å². The van der Waals surface area contributed by atoms with Crippen LogP contribution in [-0.2, 0) is 11.2 Å². The van der Waals surface area contributed by atoms with Crippen LogP contribution in [0.2, 0.25) is 0 Å². The largest absolute Gasteiger partial charge is 0.489 e. The monoisotopic (exact) mass is 208 g/mol. The van der Waals surface area contributed by atoms with Gasteiger partial charge in [0.05, 0.1) is 12.7 Å². The molecule has 1 atom stereocenters. The minimum Gasteiger partial charge on any atom is -0.489 e. The summed E-state index contributed by atoms with van der Waals surface area (Å²) in [6, 6.07) is 4.85. The van der Waals surface area contributed by atoms with Crippen molar-refractivity contribution < 1.29 is 13.9 Å². The van der Waals surface area contributed by atoms with Gasteiger partial charge in [-0.3, -0.25) is 0 Å². The Balaban J connectivity index is 2.17. The molecule has 1 heterocycles. The van der Waals surface area contributed by atoms with E-state index < -0.39 is 0 Å². The minimum absolute atomic E-state index is 0.160. The van der Waals surface area contributed by atoms with Crippen LogP contribution in [0.3, 0.4) is 0 Å². The maximum absolute atomic E-state index is 13.5. The molecule has 1 aliphatic rings. The lowest BCUT2D eigenvalue weighted by molar-refractivity contribution is 0.350. The lowest BCUT2D eigenvalue weighted by Crippen LogP contribution is -2.03. The molecule has 0 N–H and O–H groups in total. The Labute approximate surface area is 88.3 Å². The van der Waals surface area contributed by atoms with Gasteiger partial charge in [0.2, 0.25) is 0 Å². The van der Waals surface area contributed by atoms with Gasteiger partial charge >= 0.3 is 0 Å². The molecule has 0 bridgehead atoms. The van der Waals surface area contributed by atoms with E-state index in [1.165, 1.54) is 6.07 Å². The normalized spacial score (nSPS) is 18.6. The summed E-state index contributed by atoms with van der Waals surface area (Å²) in [6.07, 6.45) is 2.38. The predicted molar refractivity (Wildman–Crippen MR) is 55.5 cm³/mol. The lowest BCUT2D eigenvalue weighted by atomic mass is 10.1. The zero-order valence-electron chi connectivity index (χ0n) is 8.41. The maximum atomic E-state index is 13.5. The molecule has 0 spiro atoms. The fraction of sp³-hybridized carbons (Fsp3) is 0.333. The van der Waals surface area contributed by atoms with Crippen LogP contribution in [0.4, 0.5) is 4.39 Å². The summed E-state index contributed by atoms with van der Waals surface area (Å²) in [5, 5.41) is 0. The van der Waals surface area contributed by atoms with Crippen molar-refractivity contribution >= 4 is 0 Å². The summed E-state index contributed by atoms with van der Waals surface area (Å²) in [5.74, 6) is 0.359. The third-order valence-electron chi connectivity index (χ3n) is 2.27. The quantitative estimate of drug-likeness (QED) is 0.547. The van der Waals surface area contributed by atoms with Gasteiger partial charge in [0.25, 0.3) is 0 Å². The SMILES string of the molecule is C=CCOc1cccc(F)c1CC1CO1. The van der Waals surface area contributed by atoms with Crippen molar-refractivity contribution in [3.8, 4) is 5.75 Å². The van der Waals surface area contributed by atoms with E-state index in [0.717, 1.165) is 6.61 Å². The van der Waals surface area contributed by atoms with E-state index in [1.807, 2.05) is 0 Å². The molecule has 0 saturated carbocycles. The molecule has 0 radical (unpaired) electrons. The summed E-state index contributed by atoms with van der Waals surface area (Å²) < 4.78 is 24.0. The summed E-state index contributed by atoms with van der Waals surface area (Å²) >= 11 is 0. The fourth-order valence-electron chi connectivity index (χ4n) is 1.43. The van der Waals surface area contributed by atoms with Gasteiger partial charge in [0, 0.05) is 12.0 Å².